The normalized spacial score (nSPS) is 26.1. The van der Waals surface area contributed by atoms with Gasteiger partial charge >= 0.3 is 0 Å². The van der Waals surface area contributed by atoms with Gasteiger partial charge in [-0.05, 0) is 31.2 Å². The Hall–Kier alpha value is -2.05. The summed E-state index contributed by atoms with van der Waals surface area (Å²) in [5.41, 5.74) is 5.93. The van der Waals surface area contributed by atoms with Gasteiger partial charge in [0.1, 0.15) is 5.41 Å². The number of aryl methyl sites for hydroxylation is 1. The zero-order valence-electron chi connectivity index (χ0n) is 11.8. The summed E-state index contributed by atoms with van der Waals surface area (Å²) in [5, 5.41) is 18.9. The van der Waals surface area contributed by atoms with E-state index in [0.29, 0.717) is 31.8 Å². The monoisotopic (exact) mass is 279 g/mol. The van der Waals surface area contributed by atoms with Gasteiger partial charge < -0.3 is 16.3 Å². The Balaban J connectivity index is 1.90. The zero-order valence-corrected chi connectivity index (χ0v) is 11.8. The third-order valence-electron chi connectivity index (χ3n) is 3.82. The summed E-state index contributed by atoms with van der Waals surface area (Å²) in [5.74, 6) is 0.243. The number of amidine groups is 1. The third-order valence-corrected chi connectivity index (χ3v) is 3.82. The van der Waals surface area contributed by atoms with Crippen molar-refractivity contribution in [2.45, 2.75) is 33.2 Å². The van der Waals surface area contributed by atoms with E-state index < -0.39 is 5.41 Å². The van der Waals surface area contributed by atoms with E-state index in [1.165, 1.54) is 0 Å². The number of rotatable bonds is 5. The SMILES string of the molecule is Cc1cnn(CCNC(=O)C2(/C(N)=N/O)CC(C)C2)c1. The van der Waals surface area contributed by atoms with Crippen molar-refractivity contribution < 1.29 is 10.0 Å². The first-order chi connectivity index (χ1) is 9.48. The molecule has 2 rings (SSSR count). The highest BCUT2D eigenvalue weighted by Crippen LogP contribution is 2.45. The van der Waals surface area contributed by atoms with Crippen molar-refractivity contribution in [3.8, 4) is 0 Å². The van der Waals surface area contributed by atoms with Crippen LogP contribution in [0.5, 0.6) is 0 Å². The minimum absolute atomic E-state index is 0.00281. The lowest BCUT2D eigenvalue weighted by molar-refractivity contribution is -0.133. The lowest BCUT2D eigenvalue weighted by atomic mass is 9.61. The minimum atomic E-state index is -0.839. The van der Waals surface area contributed by atoms with Crippen molar-refractivity contribution in [1.29, 1.82) is 0 Å². The molecule has 20 heavy (non-hydrogen) atoms. The van der Waals surface area contributed by atoms with Gasteiger partial charge in [0.15, 0.2) is 5.84 Å². The highest BCUT2D eigenvalue weighted by atomic mass is 16.4. The van der Waals surface area contributed by atoms with Crippen LogP contribution in [0, 0.1) is 18.3 Å². The summed E-state index contributed by atoms with van der Waals surface area (Å²) in [6.45, 7) is 5.07. The highest BCUT2D eigenvalue weighted by Gasteiger charge is 2.51. The molecule has 1 aromatic heterocycles. The number of oxime groups is 1. The van der Waals surface area contributed by atoms with E-state index >= 15 is 0 Å². The second kappa shape index (κ2) is 5.52. The molecule has 1 aliphatic rings. The summed E-state index contributed by atoms with van der Waals surface area (Å²) in [6.07, 6.45) is 4.93. The van der Waals surface area contributed by atoms with Crippen molar-refractivity contribution in [2.24, 2.45) is 22.2 Å². The van der Waals surface area contributed by atoms with E-state index in [2.05, 4.69) is 15.6 Å². The number of carbonyl (C=O) groups is 1. The van der Waals surface area contributed by atoms with Gasteiger partial charge in [0.25, 0.3) is 0 Å². The molecular formula is C13H21N5O2. The number of nitrogens with zero attached hydrogens (tertiary/aromatic N) is 3. The minimum Gasteiger partial charge on any atom is -0.409 e. The van der Waals surface area contributed by atoms with E-state index in [0.717, 1.165) is 5.56 Å². The predicted molar refractivity (Wildman–Crippen MR) is 74.2 cm³/mol. The second-order valence-electron chi connectivity index (χ2n) is 5.62. The van der Waals surface area contributed by atoms with Crippen molar-refractivity contribution >= 4 is 11.7 Å². The van der Waals surface area contributed by atoms with Crippen molar-refractivity contribution in [3.63, 3.8) is 0 Å². The number of hydrogen-bond donors (Lipinski definition) is 3. The van der Waals surface area contributed by atoms with Crippen LogP contribution >= 0.6 is 0 Å². The van der Waals surface area contributed by atoms with E-state index in [9.17, 15) is 4.79 Å². The van der Waals surface area contributed by atoms with Crippen LogP contribution in [-0.4, -0.2) is 33.3 Å². The van der Waals surface area contributed by atoms with Crippen LogP contribution in [-0.2, 0) is 11.3 Å². The first-order valence-corrected chi connectivity index (χ1v) is 6.73. The number of nitrogens with two attached hydrogens (primary N) is 1. The second-order valence-corrected chi connectivity index (χ2v) is 5.62. The number of aromatic nitrogens is 2. The molecule has 4 N–H and O–H groups in total. The number of nitrogens with one attached hydrogen (secondary N) is 1. The molecule has 1 amide bonds. The van der Waals surface area contributed by atoms with Crippen LogP contribution in [0.3, 0.4) is 0 Å². The van der Waals surface area contributed by atoms with Gasteiger partial charge in [-0.25, -0.2) is 0 Å². The van der Waals surface area contributed by atoms with Crippen LogP contribution in [0.2, 0.25) is 0 Å². The Morgan fingerprint density at radius 3 is 2.90 bits per heavy atom. The van der Waals surface area contributed by atoms with Gasteiger partial charge in [0, 0.05) is 12.7 Å². The molecule has 7 heteroatoms. The molecule has 7 nitrogen and oxygen atoms in total. The lowest BCUT2D eigenvalue weighted by Gasteiger charge is -2.43. The molecule has 110 valence electrons. The molecule has 1 heterocycles. The van der Waals surface area contributed by atoms with Gasteiger partial charge in [0.05, 0.1) is 12.7 Å². The molecule has 1 saturated carbocycles. The maximum Gasteiger partial charge on any atom is 0.234 e. The average molecular weight is 279 g/mol. The van der Waals surface area contributed by atoms with Crippen LogP contribution in [0.4, 0.5) is 0 Å². The number of carbonyl (C=O) groups excluding carboxylic acids is 1. The summed E-state index contributed by atoms with van der Waals surface area (Å²) in [7, 11) is 0. The highest BCUT2D eigenvalue weighted by molar-refractivity contribution is 6.07. The molecule has 0 saturated heterocycles. The zero-order chi connectivity index (χ0) is 14.8. The predicted octanol–water partition coefficient (Wildman–Crippen LogP) is 0.470. The molecule has 0 unspecified atom stereocenters. The molecule has 0 aliphatic heterocycles. The lowest BCUT2D eigenvalue weighted by Crippen LogP contribution is -2.57. The molecule has 1 fully saturated rings. The van der Waals surface area contributed by atoms with Gasteiger partial charge in [-0.15, -0.1) is 0 Å². The van der Waals surface area contributed by atoms with Gasteiger partial charge in [-0.3, -0.25) is 9.48 Å². The van der Waals surface area contributed by atoms with Crippen LogP contribution < -0.4 is 11.1 Å². The molecule has 1 aliphatic carbocycles. The van der Waals surface area contributed by atoms with Gasteiger partial charge in [-0.2, -0.15) is 5.10 Å². The molecule has 0 aromatic carbocycles. The van der Waals surface area contributed by atoms with E-state index in [-0.39, 0.29) is 11.7 Å². The van der Waals surface area contributed by atoms with Crippen molar-refractivity contribution in [2.75, 3.05) is 6.54 Å². The summed E-state index contributed by atoms with van der Waals surface area (Å²) < 4.78 is 1.77. The molecular weight excluding hydrogens is 258 g/mol. The standard InChI is InChI=1S/C13H21N5O2/c1-9-5-13(6-9,11(14)17-20)12(19)15-3-4-18-8-10(2)7-16-18/h7-9,20H,3-6H2,1-2H3,(H2,14,17)(H,15,19). The Labute approximate surface area is 117 Å². The maximum atomic E-state index is 12.3. The molecule has 0 bridgehead atoms. The Morgan fingerprint density at radius 2 is 2.40 bits per heavy atom. The third kappa shape index (κ3) is 2.61. The molecule has 0 atom stereocenters. The average Bonchev–Trinajstić information content (AvgIpc) is 2.79. The van der Waals surface area contributed by atoms with Gasteiger partial charge in [-0.1, -0.05) is 12.1 Å². The van der Waals surface area contributed by atoms with E-state index in [1.54, 1.807) is 10.9 Å². The first-order valence-electron chi connectivity index (χ1n) is 6.73. The quantitative estimate of drug-likeness (QED) is 0.315. The maximum absolute atomic E-state index is 12.3. The fourth-order valence-corrected chi connectivity index (χ4v) is 2.78. The first kappa shape index (κ1) is 14.4. The Bertz CT molecular complexity index is 517. The smallest absolute Gasteiger partial charge is 0.234 e. The van der Waals surface area contributed by atoms with Gasteiger partial charge in [0.2, 0.25) is 5.91 Å². The summed E-state index contributed by atoms with van der Waals surface area (Å²) in [4.78, 5) is 12.3. The molecule has 1 aromatic rings. The Kier molecular flexibility index (Phi) is 3.96. The summed E-state index contributed by atoms with van der Waals surface area (Å²) in [6, 6.07) is 0. The van der Waals surface area contributed by atoms with E-state index in [4.69, 9.17) is 10.9 Å². The van der Waals surface area contributed by atoms with Crippen LogP contribution in [0.1, 0.15) is 25.3 Å². The molecule has 0 radical (unpaired) electrons. The fourth-order valence-electron chi connectivity index (χ4n) is 2.78. The van der Waals surface area contributed by atoms with Crippen LogP contribution in [0.15, 0.2) is 17.5 Å². The number of hydrogen-bond acceptors (Lipinski definition) is 4. The number of amides is 1. The van der Waals surface area contributed by atoms with E-state index in [1.807, 2.05) is 20.0 Å². The van der Waals surface area contributed by atoms with Crippen LogP contribution in [0.25, 0.3) is 0 Å². The summed E-state index contributed by atoms with van der Waals surface area (Å²) >= 11 is 0. The largest absolute Gasteiger partial charge is 0.409 e. The molecule has 0 spiro atoms. The fraction of sp³-hybridized carbons (Fsp3) is 0.615. The van der Waals surface area contributed by atoms with Crippen molar-refractivity contribution in [1.82, 2.24) is 15.1 Å². The van der Waals surface area contributed by atoms with Crippen molar-refractivity contribution in [3.05, 3.63) is 18.0 Å². The topological polar surface area (TPSA) is 106 Å². The Morgan fingerprint density at radius 1 is 1.70 bits per heavy atom.